The van der Waals surface area contributed by atoms with Crippen LogP contribution in [0.1, 0.15) is 25.0 Å². The van der Waals surface area contributed by atoms with Gasteiger partial charge in [-0.3, -0.25) is 0 Å². The highest BCUT2D eigenvalue weighted by molar-refractivity contribution is 5.79. The first-order chi connectivity index (χ1) is 20.6. The summed E-state index contributed by atoms with van der Waals surface area (Å²) in [4.78, 5) is 18.5. The molecular weight excluding hydrogens is 548 g/mol. The number of para-hydroxylation sites is 2. The Labute approximate surface area is 252 Å². The smallest absolute Gasteiger partial charge is 0.327 e. The van der Waals surface area contributed by atoms with Crippen molar-refractivity contribution in [3.8, 4) is 22.6 Å². The molecule has 0 saturated heterocycles. The predicted octanol–water partition coefficient (Wildman–Crippen LogP) is 6.58. The van der Waals surface area contributed by atoms with E-state index in [1.165, 1.54) is 22.3 Å². The van der Waals surface area contributed by atoms with Crippen LogP contribution in [0, 0.1) is 0 Å². The summed E-state index contributed by atoms with van der Waals surface area (Å²) in [7, 11) is 0. The number of carboxylic acids is 2. The number of aliphatic carboxylic acids is 2. The molecule has 0 saturated carbocycles. The molecule has 4 N–H and O–H groups in total. The van der Waals surface area contributed by atoms with Crippen LogP contribution in [0.5, 0.6) is 11.5 Å². The normalized spacial score (nSPS) is 11.1. The first-order valence-electron chi connectivity index (χ1n) is 13.2. The van der Waals surface area contributed by atoms with Gasteiger partial charge in [0, 0.05) is 12.2 Å². The number of hydrogen-bond donors (Lipinski definition) is 4. The Morgan fingerprint density at radius 2 is 0.884 bits per heavy atom. The van der Waals surface area contributed by atoms with Crippen molar-refractivity contribution >= 4 is 11.9 Å². The number of carbonyl (C=O) groups is 2. The maximum absolute atomic E-state index is 9.25. The fourth-order valence-corrected chi connectivity index (χ4v) is 3.47. The number of aliphatic hydroxyl groups excluding tert-OH is 2. The average Bonchev–Trinajstić information content (AvgIpc) is 3.38. The molecule has 4 aromatic rings. The summed E-state index contributed by atoms with van der Waals surface area (Å²) in [6, 6.07) is 35.7. The number of carboxylic acid groups (broad SMARTS) is 2. The van der Waals surface area contributed by atoms with Crippen LogP contribution >= 0.6 is 0 Å². The van der Waals surface area contributed by atoms with Crippen molar-refractivity contribution in [3.63, 3.8) is 0 Å². The number of hydrogen-bond acceptors (Lipinski definition) is 6. The van der Waals surface area contributed by atoms with Gasteiger partial charge in [0.1, 0.15) is 11.5 Å². The predicted molar refractivity (Wildman–Crippen MR) is 168 cm³/mol. The number of fused-ring (bicyclic) bond motifs is 3. The van der Waals surface area contributed by atoms with E-state index in [4.69, 9.17) is 29.9 Å². The maximum atomic E-state index is 9.25. The fourth-order valence-electron chi connectivity index (χ4n) is 3.47. The lowest BCUT2D eigenvalue weighted by atomic mass is 10.1. The number of benzene rings is 4. The zero-order valence-electron chi connectivity index (χ0n) is 24.2. The lowest BCUT2D eigenvalue weighted by Gasteiger charge is -2.06. The first kappa shape index (κ1) is 35.8. The molecule has 0 radical (unpaired) electrons. The SMILES string of the molecule is C=CC(=O)O.C=CC(=O)O.CC(O)Oc1ccccc1.CC(O)Oc1ccccc1.c1ccc2c(c1)Cc1ccccc1-2. The molecule has 2 unspecified atom stereocenters. The number of aliphatic hydroxyl groups is 2. The molecule has 0 amide bonds. The third-order valence-electron chi connectivity index (χ3n) is 5.15. The molecule has 0 fully saturated rings. The lowest BCUT2D eigenvalue weighted by Crippen LogP contribution is -2.09. The Bertz CT molecular complexity index is 1280. The van der Waals surface area contributed by atoms with Gasteiger partial charge >= 0.3 is 11.9 Å². The molecule has 0 heterocycles. The van der Waals surface area contributed by atoms with E-state index in [2.05, 4.69) is 61.7 Å². The highest BCUT2D eigenvalue weighted by Gasteiger charge is 2.15. The molecule has 8 nitrogen and oxygen atoms in total. The summed E-state index contributed by atoms with van der Waals surface area (Å²) < 4.78 is 9.94. The van der Waals surface area contributed by atoms with E-state index in [0.29, 0.717) is 11.5 Å². The minimum Gasteiger partial charge on any atom is -0.478 e. The van der Waals surface area contributed by atoms with Gasteiger partial charge in [-0.05, 0) is 66.8 Å². The van der Waals surface area contributed by atoms with Gasteiger partial charge in [0.25, 0.3) is 0 Å². The zero-order chi connectivity index (χ0) is 32.0. The summed E-state index contributed by atoms with van der Waals surface area (Å²) in [5.41, 5.74) is 5.75. The summed E-state index contributed by atoms with van der Waals surface area (Å²) in [5, 5.41) is 32.8. The minimum atomic E-state index is -0.981. The van der Waals surface area contributed by atoms with E-state index in [9.17, 15) is 9.59 Å². The van der Waals surface area contributed by atoms with Crippen LogP contribution in [0.25, 0.3) is 11.1 Å². The lowest BCUT2D eigenvalue weighted by molar-refractivity contribution is -0.132. The van der Waals surface area contributed by atoms with E-state index < -0.39 is 24.5 Å². The van der Waals surface area contributed by atoms with E-state index >= 15 is 0 Å². The standard InChI is InChI=1S/C13H10.2C8H10O2.2C3H4O2/c1-3-7-12-10(5-1)9-11-6-2-4-8-13(11)12;2*1-7(9)10-8-5-3-2-4-6-8;2*1-2-3(4)5/h1-8H,9H2;2*2-7,9H,1H3;2*2H,1H2,(H,4,5). The van der Waals surface area contributed by atoms with Crippen molar-refractivity contribution in [2.24, 2.45) is 0 Å². The number of rotatable bonds is 6. The van der Waals surface area contributed by atoms with Crippen molar-refractivity contribution in [2.45, 2.75) is 32.8 Å². The molecule has 8 heteroatoms. The Kier molecular flexibility index (Phi) is 17.2. The second kappa shape index (κ2) is 20.7. The Balaban J connectivity index is 0.000000283. The van der Waals surface area contributed by atoms with Gasteiger partial charge in [-0.2, -0.15) is 0 Å². The van der Waals surface area contributed by atoms with Crippen molar-refractivity contribution in [2.75, 3.05) is 0 Å². The monoisotopic (exact) mass is 586 g/mol. The van der Waals surface area contributed by atoms with Crippen LogP contribution in [0.15, 0.2) is 135 Å². The quantitative estimate of drug-likeness (QED) is 0.130. The molecule has 1 aliphatic carbocycles. The van der Waals surface area contributed by atoms with Gasteiger partial charge in [-0.25, -0.2) is 9.59 Å². The van der Waals surface area contributed by atoms with Crippen LogP contribution in [0.3, 0.4) is 0 Å². The van der Waals surface area contributed by atoms with Crippen molar-refractivity contribution in [1.82, 2.24) is 0 Å². The first-order valence-corrected chi connectivity index (χ1v) is 13.2. The van der Waals surface area contributed by atoms with Crippen LogP contribution in [-0.4, -0.2) is 44.9 Å². The van der Waals surface area contributed by atoms with Gasteiger partial charge in [-0.1, -0.05) is 98.1 Å². The second-order valence-electron chi connectivity index (χ2n) is 8.64. The zero-order valence-corrected chi connectivity index (χ0v) is 24.2. The molecular formula is C35H38O8. The molecule has 0 aliphatic heterocycles. The van der Waals surface area contributed by atoms with Gasteiger partial charge < -0.3 is 29.9 Å². The fraction of sp³-hybridized carbons (Fsp3) is 0.143. The molecule has 0 spiro atoms. The van der Waals surface area contributed by atoms with Crippen LogP contribution in [0.2, 0.25) is 0 Å². The largest absolute Gasteiger partial charge is 0.478 e. The third-order valence-corrected chi connectivity index (χ3v) is 5.15. The van der Waals surface area contributed by atoms with Crippen LogP contribution in [-0.2, 0) is 16.0 Å². The highest BCUT2D eigenvalue weighted by atomic mass is 16.6. The van der Waals surface area contributed by atoms with Gasteiger partial charge in [0.2, 0.25) is 0 Å². The van der Waals surface area contributed by atoms with E-state index in [1.54, 1.807) is 38.1 Å². The second-order valence-corrected chi connectivity index (χ2v) is 8.64. The van der Waals surface area contributed by atoms with Gasteiger partial charge in [0.05, 0.1) is 0 Å². The van der Waals surface area contributed by atoms with Crippen molar-refractivity contribution in [3.05, 3.63) is 146 Å². The Hall–Kier alpha value is -5.18. The summed E-state index contributed by atoms with van der Waals surface area (Å²) >= 11 is 0. The summed E-state index contributed by atoms with van der Waals surface area (Å²) in [6.45, 7) is 9.07. The maximum Gasteiger partial charge on any atom is 0.327 e. The van der Waals surface area contributed by atoms with Crippen molar-refractivity contribution in [1.29, 1.82) is 0 Å². The molecule has 226 valence electrons. The molecule has 5 rings (SSSR count). The third kappa shape index (κ3) is 16.0. The Morgan fingerprint density at radius 3 is 1.16 bits per heavy atom. The summed E-state index contributed by atoms with van der Waals surface area (Å²) in [5.74, 6) is -0.579. The van der Waals surface area contributed by atoms with E-state index in [-0.39, 0.29) is 0 Å². The van der Waals surface area contributed by atoms with E-state index in [1.807, 2.05) is 36.4 Å². The number of ether oxygens (including phenoxy) is 2. The topological polar surface area (TPSA) is 134 Å². The van der Waals surface area contributed by atoms with Gasteiger partial charge in [-0.15, -0.1) is 0 Å². The molecule has 0 aromatic heterocycles. The molecule has 1 aliphatic rings. The van der Waals surface area contributed by atoms with Gasteiger partial charge in [0.15, 0.2) is 12.6 Å². The van der Waals surface area contributed by atoms with Crippen LogP contribution in [0.4, 0.5) is 0 Å². The molecule has 2 atom stereocenters. The Morgan fingerprint density at radius 1 is 0.605 bits per heavy atom. The molecule has 4 aromatic carbocycles. The van der Waals surface area contributed by atoms with Crippen molar-refractivity contribution < 1.29 is 39.5 Å². The van der Waals surface area contributed by atoms with Crippen LogP contribution < -0.4 is 9.47 Å². The minimum absolute atomic E-state index is 0.692. The summed E-state index contributed by atoms with van der Waals surface area (Å²) in [6.07, 6.45) is 1.30. The highest BCUT2D eigenvalue weighted by Crippen LogP contribution is 2.35. The molecule has 43 heavy (non-hydrogen) atoms. The molecule has 0 bridgehead atoms. The van der Waals surface area contributed by atoms with E-state index in [0.717, 1.165) is 18.6 Å². The average molecular weight is 587 g/mol.